The van der Waals surface area contributed by atoms with Crippen LogP contribution in [0.1, 0.15) is 16.8 Å². The Labute approximate surface area is 117 Å². The summed E-state index contributed by atoms with van der Waals surface area (Å²) in [6, 6.07) is 31.2. The maximum absolute atomic E-state index is 2.19. The Hall–Kier alpha value is -1.78. The number of hydrogen-bond acceptors (Lipinski definition) is 0. The van der Waals surface area contributed by atoms with Crippen LogP contribution in [0.5, 0.6) is 0 Å². The molecule has 0 amide bonds. The van der Waals surface area contributed by atoms with E-state index in [4.69, 9.17) is 0 Å². The van der Waals surface area contributed by atoms with Crippen molar-refractivity contribution in [3.8, 4) is 0 Å². The lowest BCUT2D eigenvalue weighted by atomic mass is 10.0. The van der Waals surface area contributed by atoms with Crippen molar-refractivity contribution in [2.75, 3.05) is 0 Å². The van der Waals surface area contributed by atoms with E-state index in [-0.39, 0.29) is 0 Å². The standard InChI is InChI=1S/C13H13P.C5H5/c14-13(11-7-3-1-4-8-11)12-9-5-2-6-10-12;1-2-4-5-3-1/h1-10,13H,14H2;1-5H/q;-1/p+1. The van der Waals surface area contributed by atoms with Gasteiger partial charge < -0.3 is 0 Å². The van der Waals surface area contributed by atoms with E-state index in [1.54, 1.807) is 0 Å². The minimum Gasteiger partial charge on any atom is -0.214 e. The second-order valence-electron chi connectivity index (χ2n) is 4.34. The van der Waals surface area contributed by atoms with Gasteiger partial charge in [0, 0.05) is 0 Å². The Morgan fingerprint density at radius 1 is 0.632 bits per heavy atom. The average Bonchev–Trinajstić information content (AvgIpc) is 3.08. The second kappa shape index (κ2) is 7.61. The van der Waals surface area contributed by atoms with Crippen molar-refractivity contribution in [2.45, 2.75) is 5.66 Å². The normalized spacial score (nSPS) is 9.95. The molecule has 1 atom stereocenters. The van der Waals surface area contributed by atoms with Crippen molar-refractivity contribution in [1.29, 1.82) is 0 Å². The van der Waals surface area contributed by atoms with Gasteiger partial charge in [0.2, 0.25) is 0 Å². The van der Waals surface area contributed by atoms with Gasteiger partial charge >= 0.3 is 0 Å². The number of hydrogen-bond donors (Lipinski definition) is 0. The van der Waals surface area contributed by atoms with Gasteiger partial charge in [0.25, 0.3) is 0 Å². The van der Waals surface area contributed by atoms with Crippen molar-refractivity contribution >= 4 is 9.24 Å². The highest BCUT2D eigenvalue weighted by molar-refractivity contribution is 7.17. The zero-order valence-corrected chi connectivity index (χ0v) is 12.4. The van der Waals surface area contributed by atoms with Crippen molar-refractivity contribution in [3.63, 3.8) is 0 Å². The number of rotatable bonds is 2. The van der Waals surface area contributed by atoms with Crippen molar-refractivity contribution in [3.05, 3.63) is 102 Å². The molecule has 1 heteroatoms. The van der Waals surface area contributed by atoms with Gasteiger partial charge in [-0.25, -0.2) is 12.1 Å². The molecule has 0 heterocycles. The SMILES string of the molecule is [PH3+]C(c1ccccc1)c1ccccc1.c1cc[cH-]c1. The molecule has 0 saturated heterocycles. The Morgan fingerprint density at radius 3 is 1.37 bits per heavy atom. The molecule has 0 aliphatic rings. The van der Waals surface area contributed by atoms with Crippen molar-refractivity contribution < 1.29 is 0 Å². The monoisotopic (exact) mass is 266 g/mol. The first-order valence-corrected chi connectivity index (χ1v) is 7.29. The van der Waals surface area contributed by atoms with Crippen LogP contribution >= 0.6 is 9.24 Å². The summed E-state index contributed by atoms with van der Waals surface area (Å²) in [4.78, 5) is 0. The van der Waals surface area contributed by atoms with Crippen LogP contribution in [0.4, 0.5) is 0 Å². The van der Waals surface area contributed by atoms with E-state index in [0.29, 0.717) is 5.66 Å². The fourth-order valence-electron chi connectivity index (χ4n) is 1.88. The predicted octanol–water partition coefficient (Wildman–Crippen LogP) is 4.79. The lowest BCUT2D eigenvalue weighted by Crippen LogP contribution is -1.90. The molecule has 0 fully saturated rings. The van der Waals surface area contributed by atoms with Gasteiger partial charge in [-0.05, 0) is 20.4 Å². The molecule has 0 N–H and O–H groups in total. The van der Waals surface area contributed by atoms with E-state index in [9.17, 15) is 0 Å². The quantitative estimate of drug-likeness (QED) is 0.462. The fourth-order valence-corrected chi connectivity index (χ4v) is 2.43. The number of benzene rings is 2. The minimum absolute atomic E-state index is 0.511. The maximum Gasteiger partial charge on any atom is 0.112 e. The molecule has 3 rings (SSSR count). The molecule has 19 heavy (non-hydrogen) atoms. The largest absolute Gasteiger partial charge is 0.214 e. The van der Waals surface area contributed by atoms with Gasteiger partial charge in [-0.15, -0.1) is 0 Å². The molecule has 0 spiro atoms. The molecule has 0 saturated carbocycles. The molecule has 1 unspecified atom stereocenters. The summed E-state index contributed by atoms with van der Waals surface area (Å²) in [5, 5.41) is 0. The molecular weight excluding hydrogens is 247 g/mol. The third kappa shape index (κ3) is 4.43. The third-order valence-corrected chi connectivity index (χ3v) is 3.90. The van der Waals surface area contributed by atoms with Gasteiger partial charge in [0.05, 0.1) is 0 Å². The Morgan fingerprint density at radius 2 is 1.05 bits per heavy atom. The molecule has 96 valence electrons. The molecule has 3 aromatic carbocycles. The lowest BCUT2D eigenvalue weighted by Gasteiger charge is -2.07. The van der Waals surface area contributed by atoms with Gasteiger partial charge in [0.1, 0.15) is 5.66 Å². The maximum atomic E-state index is 2.19. The van der Waals surface area contributed by atoms with E-state index in [0.717, 1.165) is 0 Å². The summed E-state index contributed by atoms with van der Waals surface area (Å²) in [5.74, 6) is 0. The molecule has 0 radical (unpaired) electrons. The summed E-state index contributed by atoms with van der Waals surface area (Å²) >= 11 is 0. The van der Waals surface area contributed by atoms with Crippen LogP contribution in [0.2, 0.25) is 0 Å². The van der Waals surface area contributed by atoms with E-state index in [2.05, 4.69) is 60.7 Å². The van der Waals surface area contributed by atoms with E-state index in [1.165, 1.54) is 11.1 Å². The molecular formula is C18H19P. The Bertz CT molecular complexity index is 484. The summed E-state index contributed by atoms with van der Waals surface area (Å²) < 4.78 is 0. The van der Waals surface area contributed by atoms with Crippen LogP contribution in [0.3, 0.4) is 0 Å². The smallest absolute Gasteiger partial charge is 0.112 e. The zero-order chi connectivity index (χ0) is 13.3. The molecule has 0 nitrogen and oxygen atoms in total. The first-order chi connectivity index (χ1) is 9.38. The predicted molar refractivity (Wildman–Crippen MR) is 87.9 cm³/mol. The van der Waals surface area contributed by atoms with Crippen molar-refractivity contribution in [1.82, 2.24) is 0 Å². The highest BCUT2D eigenvalue weighted by atomic mass is 31.0. The first kappa shape index (κ1) is 13.6. The van der Waals surface area contributed by atoms with Gasteiger partial charge in [0.15, 0.2) is 0 Å². The molecule has 3 aromatic rings. The first-order valence-electron chi connectivity index (χ1n) is 6.47. The topological polar surface area (TPSA) is 0 Å². The van der Waals surface area contributed by atoms with Gasteiger partial charge in [-0.2, -0.15) is 18.2 Å². The van der Waals surface area contributed by atoms with Crippen LogP contribution in [0.15, 0.2) is 91.0 Å². The summed E-state index contributed by atoms with van der Waals surface area (Å²) in [6.45, 7) is 0. The van der Waals surface area contributed by atoms with Gasteiger partial charge in [-0.3, -0.25) is 0 Å². The van der Waals surface area contributed by atoms with Crippen LogP contribution < -0.4 is 0 Å². The third-order valence-electron chi connectivity index (χ3n) is 2.96. The van der Waals surface area contributed by atoms with Gasteiger partial charge in [-0.1, -0.05) is 60.7 Å². The zero-order valence-electron chi connectivity index (χ0n) is 10.9. The minimum atomic E-state index is 0.511. The Balaban J connectivity index is 0.000000224. The molecule has 0 bridgehead atoms. The van der Waals surface area contributed by atoms with Crippen molar-refractivity contribution in [2.24, 2.45) is 0 Å². The van der Waals surface area contributed by atoms with E-state index in [1.807, 2.05) is 39.6 Å². The Kier molecular flexibility index (Phi) is 5.47. The van der Waals surface area contributed by atoms with E-state index >= 15 is 0 Å². The van der Waals surface area contributed by atoms with Crippen LogP contribution in [-0.2, 0) is 0 Å². The molecule has 0 aromatic heterocycles. The molecule has 0 aliphatic carbocycles. The van der Waals surface area contributed by atoms with Crippen LogP contribution in [-0.4, -0.2) is 0 Å². The summed E-state index contributed by atoms with van der Waals surface area (Å²) in [5.41, 5.74) is 3.28. The second-order valence-corrected chi connectivity index (χ2v) is 5.15. The highest BCUT2D eigenvalue weighted by Crippen LogP contribution is 2.30. The molecule has 0 aliphatic heterocycles. The lowest BCUT2D eigenvalue weighted by molar-refractivity contribution is 1.16. The highest BCUT2D eigenvalue weighted by Gasteiger charge is 2.10. The fraction of sp³-hybridized carbons (Fsp3) is 0.0556. The van der Waals surface area contributed by atoms with E-state index < -0.39 is 0 Å². The summed E-state index contributed by atoms with van der Waals surface area (Å²) in [7, 11) is 2.03. The van der Waals surface area contributed by atoms with Crippen LogP contribution in [0.25, 0.3) is 0 Å². The summed E-state index contributed by atoms with van der Waals surface area (Å²) in [6.07, 6.45) is 0. The average molecular weight is 266 g/mol. The van der Waals surface area contributed by atoms with Crippen LogP contribution in [0, 0.1) is 0 Å².